The Balaban J connectivity index is 1.45. The van der Waals surface area contributed by atoms with Crippen LogP contribution < -0.4 is 5.32 Å². The van der Waals surface area contributed by atoms with Gasteiger partial charge in [0.1, 0.15) is 5.76 Å². The van der Waals surface area contributed by atoms with Gasteiger partial charge in [-0.05, 0) is 69.9 Å². The van der Waals surface area contributed by atoms with Crippen LogP contribution in [0.15, 0.2) is 22.8 Å². The van der Waals surface area contributed by atoms with E-state index in [0.717, 1.165) is 5.92 Å². The summed E-state index contributed by atoms with van der Waals surface area (Å²) in [5, 5.41) is 3.45. The Morgan fingerprint density at radius 3 is 2.61 bits per heavy atom. The van der Waals surface area contributed by atoms with Gasteiger partial charge in [0.15, 0.2) is 0 Å². The zero-order valence-corrected chi connectivity index (χ0v) is 11.1. The highest BCUT2D eigenvalue weighted by molar-refractivity contribution is 5.06. The number of hydrogen-bond acceptors (Lipinski definition) is 3. The number of furan rings is 1. The van der Waals surface area contributed by atoms with Gasteiger partial charge in [0, 0.05) is 12.5 Å². The van der Waals surface area contributed by atoms with Crippen LogP contribution in [-0.4, -0.2) is 37.6 Å². The summed E-state index contributed by atoms with van der Waals surface area (Å²) < 4.78 is 5.53. The minimum atomic E-state index is 0.657. The quantitative estimate of drug-likeness (QED) is 0.890. The number of likely N-dealkylation sites (tertiary alicyclic amines) is 1. The molecule has 18 heavy (non-hydrogen) atoms. The van der Waals surface area contributed by atoms with Crippen molar-refractivity contribution < 1.29 is 4.42 Å². The molecule has 3 rings (SSSR count). The lowest BCUT2D eigenvalue weighted by Crippen LogP contribution is -2.39. The molecule has 0 atom stereocenters. The van der Waals surface area contributed by atoms with E-state index in [1.165, 1.54) is 64.2 Å². The smallest absolute Gasteiger partial charge is 0.106 e. The molecule has 1 aromatic heterocycles. The Labute approximate surface area is 110 Å². The molecule has 2 aliphatic heterocycles. The molecule has 3 heteroatoms. The molecule has 2 fully saturated rings. The average Bonchev–Trinajstić information content (AvgIpc) is 2.95. The van der Waals surface area contributed by atoms with E-state index >= 15 is 0 Å². The van der Waals surface area contributed by atoms with Crippen LogP contribution in [0.4, 0.5) is 0 Å². The van der Waals surface area contributed by atoms with Crippen LogP contribution in [0, 0.1) is 5.92 Å². The number of nitrogens with one attached hydrogen (secondary N) is 1. The monoisotopic (exact) mass is 248 g/mol. The van der Waals surface area contributed by atoms with Crippen molar-refractivity contribution in [2.24, 2.45) is 5.92 Å². The number of rotatable bonds is 3. The van der Waals surface area contributed by atoms with E-state index < -0.39 is 0 Å². The van der Waals surface area contributed by atoms with E-state index in [-0.39, 0.29) is 0 Å². The molecule has 2 saturated heterocycles. The molecule has 0 aromatic carbocycles. The summed E-state index contributed by atoms with van der Waals surface area (Å²) in [7, 11) is 0. The molecule has 2 aliphatic rings. The van der Waals surface area contributed by atoms with E-state index in [0.29, 0.717) is 5.92 Å². The van der Waals surface area contributed by atoms with Gasteiger partial charge in [0.2, 0.25) is 0 Å². The van der Waals surface area contributed by atoms with Crippen molar-refractivity contribution in [3.05, 3.63) is 24.2 Å². The third kappa shape index (κ3) is 2.96. The Hall–Kier alpha value is -0.800. The number of piperidine rings is 2. The van der Waals surface area contributed by atoms with Crippen LogP contribution in [-0.2, 0) is 0 Å². The van der Waals surface area contributed by atoms with Crippen LogP contribution in [0.25, 0.3) is 0 Å². The van der Waals surface area contributed by atoms with E-state index in [1.54, 1.807) is 6.26 Å². The second-order valence-corrected chi connectivity index (χ2v) is 5.78. The fourth-order valence-corrected chi connectivity index (χ4v) is 3.35. The summed E-state index contributed by atoms with van der Waals surface area (Å²) >= 11 is 0. The fourth-order valence-electron chi connectivity index (χ4n) is 3.35. The topological polar surface area (TPSA) is 28.4 Å². The Morgan fingerprint density at radius 1 is 1.17 bits per heavy atom. The molecule has 3 nitrogen and oxygen atoms in total. The molecule has 0 amide bonds. The lowest BCUT2D eigenvalue weighted by Gasteiger charge is -2.34. The van der Waals surface area contributed by atoms with Crippen molar-refractivity contribution in [1.29, 1.82) is 0 Å². The molecule has 0 spiro atoms. The maximum atomic E-state index is 5.53. The van der Waals surface area contributed by atoms with Crippen molar-refractivity contribution >= 4 is 0 Å². The predicted molar refractivity (Wildman–Crippen MR) is 72.7 cm³/mol. The summed E-state index contributed by atoms with van der Waals surface area (Å²) in [5.74, 6) is 2.77. The first kappa shape index (κ1) is 12.2. The molecule has 0 radical (unpaired) electrons. The van der Waals surface area contributed by atoms with Crippen molar-refractivity contribution in [3.63, 3.8) is 0 Å². The highest BCUT2D eigenvalue weighted by atomic mass is 16.3. The first-order valence-corrected chi connectivity index (χ1v) is 7.38. The van der Waals surface area contributed by atoms with Crippen molar-refractivity contribution in [3.8, 4) is 0 Å². The Morgan fingerprint density at radius 2 is 1.94 bits per heavy atom. The first-order valence-electron chi connectivity index (χ1n) is 7.38. The van der Waals surface area contributed by atoms with Gasteiger partial charge in [0.25, 0.3) is 0 Å². The maximum Gasteiger partial charge on any atom is 0.106 e. The summed E-state index contributed by atoms with van der Waals surface area (Å²) in [4.78, 5) is 2.66. The molecule has 100 valence electrons. The van der Waals surface area contributed by atoms with Gasteiger partial charge in [-0.3, -0.25) is 0 Å². The lowest BCUT2D eigenvalue weighted by atomic mass is 9.92. The number of nitrogens with zero attached hydrogens (tertiary/aromatic N) is 1. The lowest BCUT2D eigenvalue weighted by molar-refractivity contribution is 0.161. The first-order chi connectivity index (χ1) is 8.92. The van der Waals surface area contributed by atoms with Gasteiger partial charge in [-0.1, -0.05) is 0 Å². The van der Waals surface area contributed by atoms with Gasteiger partial charge >= 0.3 is 0 Å². The minimum absolute atomic E-state index is 0.657. The van der Waals surface area contributed by atoms with Crippen LogP contribution in [0.5, 0.6) is 0 Å². The third-order valence-corrected chi connectivity index (χ3v) is 4.51. The van der Waals surface area contributed by atoms with Gasteiger partial charge < -0.3 is 14.6 Å². The summed E-state index contributed by atoms with van der Waals surface area (Å²) in [6, 6.07) is 4.14. The van der Waals surface area contributed by atoms with E-state index in [1.807, 2.05) is 6.07 Å². The molecular weight excluding hydrogens is 224 g/mol. The van der Waals surface area contributed by atoms with E-state index in [2.05, 4.69) is 16.3 Å². The molecular formula is C15H24N2O. The Kier molecular flexibility index (Phi) is 4.01. The molecule has 0 unspecified atom stereocenters. The summed E-state index contributed by atoms with van der Waals surface area (Å²) in [6.07, 6.45) is 7.05. The van der Waals surface area contributed by atoms with Crippen molar-refractivity contribution in [2.45, 2.75) is 31.6 Å². The van der Waals surface area contributed by atoms with Gasteiger partial charge in [0.05, 0.1) is 6.26 Å². The normalized spacial score (nSPS) is 24.4. The van der Waals surface area contributed by atoms with Crippen molar-refractivity contribution in [1.82, 2.24) is 10.2 Å². The van der Waals surface area contributed by atoms with Gasteiger partial charge in [-0.15, -0.1) is 0 Å². The summed E-state index contributed by atoms with van der Waals surface area (Å²) in [5.41, 5.74) is 0. The maximum absolute atomic E-state index is 5.53. The molecule has 1 N–H and O–H groups in total. The second-order valence-electron chi connectivity index (χ2n) is 5.78. The summed E-state index contributed by atoms with van der Waals surface area (Å²) in [6.45, 7) is 6.23. The SMILES string of the molecule is c1coc(C2CCN(CC3CCNCC3)CC2)c1. The molecule has 1 aromatic rings. The molecule has 3 heterocycles. The van der Waals surface area contributed by atoms with Gasteiger partial charge in [-0.25, -0.2) is 0 Å². The van der Waals surface area contributed by atoms with Crippen LogP contribution in [0.2, 0.25) is 0 Å². The Bertz CT molecular complexity index is 335. The predicted octanol–water partition coefficient (Wildman–Crippen LogP) is 2.46. The number of hydrogen-bond donors (Lipinski definition) is 1. The van der Waals surface area contributed by atoms with Crippen LogP contribution >= 0.6 is 0 Å². The standard InChI is InChI=1S/C15H24N2O/c1-2-15(18-11-1)14-5-9-17(10-6-14)12-13-3-7-16-8-4-13/h1-2,11,13-14,16H,3-10,12H2. The van der Waals surface area contributed by atoms with Crippen LogP contribution in [0.1, 0.15) is 37.4 Å². The molecule has 0 aliphatic carbocycles. The van der Waals surface area contributed by atoms with Crippen LogP contribution in [0.3, 0.4) is 0 Å². The fraction of sp³-hybridized carbons (Fsp3) is 0.733. The molecule has 0 bridgehead atoms. The van der Waals surface area contributed by atoms with Crippen molar-refractivity contribution in [2.75, 3.05) is 32.7 Å². The largest absolute Gasteiger partial charge is 0.469 e. The highest BCUT2D eigenvalue weighted by Gasteiger charge is 2.24. The third-order valence-electron chi connectivity index (χ3n) is 4.51. The average molecular weight is 248 g/mol. The zero-order valence-electron chi connectivity index (χ0n) is 11.1. The van der Waals surface area contributed by atoms with Gasteiger partial charge in [-0.2, -0.15) is 0 Å². The molecule has 0 saturated carbocycles. The second kappa shape index (κ2) is 5.89. The van der Waals surface area contributed by atoms with E-state index in [4.69, 9.17) is 4.42 Å². The minimum Gasteiger partial charge on any atom is -0.469 e. The zero-order chi connectivity index (χ0) is 12.2. The van der Waals surface area contributed by atoms with E-state index in [9.17, 15) is 0 Å². The highest BCUT2D eigenvalue weighted by Crippen LogP contribution is 2.29.